The maximum atomic E-state index is 10.9. The van der Waals surface area contributed by atoms with Crippen LogP contribution in [0.15, 0.2) is 23.2 Å². The van der Waals surface area contributed by atoms with Crippen molar-refractivity contribution in [2.24, 2.45) is 4.99 Å². The molecule has 1 aliphatic rings. The van der Waals surface area contributed by atoms with Crippen LogP contribution in [0.25, 0.3) is 0 Å². The van der Waals surface area contributed by atoms with Crippen LogP contribution in [0, 0.1) is 10.1 Å². The highest BCUT2D eigenvalue weighted by Crippen LogP contribution is 2.21. The first-order chi connectivity index (χ1) is 9.45. The average Bonchev–Trinajstić information content (AvgIpc) is 2.41. The fourth-order valence-electron chi connectivity index (χ4n) is 1.69. The average molecular weight is 280 g/mol. The second-order valence-electron chi connectivity index (χ2n) is 4.15. The maximum absolute atomic E-state index is 10.9. The van der Waals surface area contributed by atoms with E-state index < -0.39 is 23.3 Å². The van der Waals surface area contributed by atoms with Crippen LogP contribution in [-0.4, -0.2) is 46.3 Å². The Balaban J connectivity index is 2.24. The minimum Gasteiger partial charge on any atom is -0.478 e. The van der Waals surface area contributed by atoms with Gasteiger partial charge in [0.15, 0.2) is 6.29 Å². The predicted molar refractivity (Wildman–Crippen MR) is 70.0 cm³/mol. The molecule has 2 rings (SSSR count). The molecule has 0 spiro atoms. The molecule has 9 nitrogen and oxygen atoms in total. The summed E-state index contributed by atoms with van der Waals surface area (Å²) in [5.74, 6) is -1.26. The lowest BCUT2D eigenvalue weighted by atomic mass is 10.1. The van der Waals surface area contributed by atoms with Crippen LogP contribution < -0.4 is 10.6 Å². The fourth-order valence-corrected chi connectivity index (χ4v) is 1.69. The summed E-state index contributed by atoms with van der Waals surface area (Å²) in [5, 5.41) is 34.6. The van der Waals surface area contributed by atoms with E-state index in [1.54, 1.807) is 0 Å². The number of nitrogens with one attached hydrogen (secondary N) is 2. The van der Waals surface area contributed by atoms with Crippen LogP contribution in [0.1, 0.15) is 10.4 Å². The van der Waals surface area contributed by atoms with E-state index in [1.807, 2.05) is 0 Å². The number of aliphatic hydroxyl groups is 1. The van der Waals surface area contributed by atoms with Gasteiger partial charge in [0.25, 0.3) is 5.69 Å². The molecule has 0 saturated heterocycles. The standard InChI is InChI=1S/C11H12N4O5/c16-9-4-12-11(13-5-9)14-7-1-6(10(17)18)2-8(3-7)15(19)20/h1-4,9,11,13-14,16H,5H2,(H,17,18). The number of aromatic carboxylic acids is 1. The number of nitrogens with zero attached hydrogens (tertiary/aromatic N) is 2. The Bertz CT molecular complexity index is 542. The van der Waals surface area contributed by atoms with E-state index in [4.69, 9.17) is 5.11 Å². The number of aliphatic imine (C=N–C) groups is 1. The van der Waals surface area contributed by atoms with E-state index >= 15 is 0 Å². The molecule has 1 aromatic carbocycles. The van der Waals surface area contributed by atoms with Gasteiger partial charge in [-0.15, -0.1) is 0 Å². The third kappa shape index (κ3) is 3.28. The molecule has 9 heteroatoms. The van der Waals surface area contributed by atoms with Crippen molar-refractivity contribution in [2.45, 2.75) is 12.4 Å². The summed E-state index contributed by atoms with van der Waals surface area (Å²) in [7, 11) is 0. The summed E-state index contributed by atoms with van der Waals surface area (Å²) in [6.07, 6.45) is 0.0682. The molecule has 1 aliphatic heterocycles. The zero-order valence-electron chi connectivity index (χ0n) is 10.2. The summed E-state index contributed by atoms with van der Waals surface area (Å²) in [6, 6.07) is 3.47. The number of nitro benzene ring substituents is 1. The number of anilines is 1. The molecule has 0 fully saturated rings. The fraction of sp³-hybridized carbons (Fsp3) is 0.273. The maximum Gasteiger partial charge on any atom is 0.336 e. The van der Waals surface area contributed by atoms with Crippen LogP contribution in [0.2, 0.25) is 0 Å². The van der Waals surface area contributed by atoms with Gasteiger partial charge in [-0.05, 0) is 6.07 Å². The Morgan fingerprint density at radius 1 is 1.50 bits per heavy atom. The van der Waals surface area contributed by atoms with Gasteiger partial charge in [-0.1, -0.05) is 0 Å². The molecular formula is C11H12N4O5. The summed E-state index contributed by atoms with van der Waals surface area (Å²) in [6.45, 7) is 0.280. The normalized spacial score (nSPS) is 21.4. The van der Waals surface area contributed by atoms with E-state index in [9.17, 15) is 20.0 Å². The molecular weight excluding hydrogens is 268 g/mol. The largest absolute Gasteiger partial charge is 0.478 e. The van der Waals surface area contributed by atoms with Crippen molar-refractivity contribution in [3.63, 3.8) is 0 Å². The lowest BCUT2D eigenvalue weighted by molar-refractivity contribution is -0.384. The third-order valence-electron chi connectivity index (χ3n) is 2.61. The molecule has 20 heavy (non-hydrogen) atoms. The SMILES string of the molecule is O=C(O)c1cc(NC2N=CC(O)CN2)cc([N+](=O)[O-])c1. The summed E-state index contributed by atoms with van der Waals surface area (Å²) < 4.78 is 0. The van der Waals surface area contributed by atoms with E-state index in [0.29, 0.717) is 0 Å². The van der Waals surface area contributed by atoms with E-state index in [-0.39, 0.29) is 23.5 Å². The second-order valence-corrected chi connectivity index (χ2v) is 4.15. The third-order valence-corrected chi connectivity index (χ3v) is 2.61. The number of benzene rings is 1. The number of hydrogen-bond donors (Lipinski definition) is 4. The molecule has 1 heterocycles. The molecule has 0 bridgehead atoms. The zero-order chi connectivity index (χ0) is 14.7. The van der Waals surface area contributed by atoms with Gasteiger partial charge in [0, 0.05) is 30.6 Å². The summed E-state index contributed by atoms with van der Waals surface area (Å²) in [5.41, 5.74) is -0.267. The molecule has 106 valence electrons. The highest BCUT2D eigenvalue weighted by atomic mass is 16.6. The van der Waals surface area contributed by atoms with Gasteiger partial charge in [0.1, 0.15) is 6.10 Å². The van der Waals surface area contributed by atoms with Crippen molar-refractivity contribution >= 4 is 23.6 Å². The van der Waals surface area contributed by atoms with Gasteiger partial charge in [-0.25, -0.2) is 4.79 Å². The number of rotatable bonds is 4. The highest BCUT2D eigenvalue weighted by Gasteiger charge is 2.17. The van der Waals surface area contributed by atoms with Gasteiger partial charge < -0.3 is 15.5 Å². The first kappa shape index (κ1) is 13.9. The number of carboxylic acids is 1. The topological polar surface area (TPSA) is 137 Å². The smallest absolute Gasteiger partial charge is 0.336 e. The van der Waals surface area contributed by atoms with Gasteiger partial charge in [-0.3, -0.25) is 20.4 Å². The lowest BCUT2D eigenvalue weighted by Gasteiger charge is -2.22. The number of β-amino-alcohol motifs (C(OH)–C–C–N with tert-alkyl or cyclic N) is 1. The van der Waals surface area contributed by atoms with Crippen LogP contribution in [0.3, 0.4) is 0 Å². The highest BCUT2D eigenvalue weighted by molar-refractivity contribution is 5.90. The number of aliphatic hydroxyl groups excluding tert-OH is 1. The van der Waals surface area contributed by atoms with Crippen molar-refractivity contribution in [2.75, 3.05) is 11.9 Å². The van der Waals surface area contributed by atoms with Crippen molar-refractivity contribution in [3.8, 4) is 0 Å². The molecule has 4 N–H and O–H groups in total. The zero-order valence-corrected chi connectivity index (χ0v) is 10.2. The monoisotopic (exact) mass is 280 g/mol. The van der Waals surface area contributed by atoms with Gasteiger partial charge >= 0.3 is 5.97 Å². The van der Waals surface area contributed by atoms with Gasteiger partial charge in [-0.2, -0.15) is 0 Å². The quantitative estimate of drug-likeness (QED) is 0.450. The Hall–Kier alpha value is -2.52. The number of hydrogen-bond acceptors (Lipinski definition) is 7. The van der Waals surface area contributed by atoms with E-state index in [2.05, 4.69) is 15.6 Å². The molecule has 0 radical (unpaired) electrons. The van der Waals surface area contributed by atoms with Crippen LogP contribution in [0.5, 0.6) is 0 Å². The van der Waals surface area contributed by atoms with Crippen LogP contribution >= 0.6 is 0 Å². The van der Waals surface area contributed by atoms with Crippen LogP contribution in [0.4, 0.5) is 11.4 Å². The number of nitro groups is 1. The van der Waals surface area contributed by atoms with E-state index in [1.165, 1.54) is 18.3 Å². The molecule has 0 aliphatic carbocycles. The Morgan fingerprint density at radius 3 is 2.80 bits per heavy atom. The van der Waals surface area contributed by atoms with Gasteiger partial charge in [0.2, 0.25) is 0 Å². The number of non-ortho nitro benzene ring substituents is 1. The summed E-state index contributed by atoms with van der Waals surface area (Å²) >= 11 is 0. The van der Waals surface area contributed by atoms with Gasteiger partial charge in [0.05, 0.1) is 10.5 Å². The molecule has 2 unspecified atom stereocenters. The van der Waals surface area contributed by atoms with E-state index in [0.717, 1.165) is 6.07 Å². The number of carboxylic acid groups (broad SMARTS) is 1. The van der Waals surface area contributed by atoms with Crippen LogP contribution in [-0.2, 0) is 0 Å². The lowest BCUT2D eigenvalue weighted by Crippen LogP contribution is -2.44. The minimum absolute atomic E-state index is 0.193. The molecule has 1 aromatic rings. The molecule has 0 amide bonds. The van der Waals surface area contributed by atoms with Crippen molar-refractivity contribution in [3.05, 3.63) is 33.9 Å². The Kier molecular flexibility index (Phi) is 3.91. The second kappa shape index (κ2) is 5.63. The molecule has 0 saturated carbocycles. The first-order valence-corrected chi connectivity index (χ1v) is 5.70. The molecule has 0 aromatic heterocycles. The Morgan fingerprint density at radius 2 is 2.25 bits per heavy atom. The number of carbonyl (C=O) groups is 1. The first-order valence-electron chi connectivity index (χ1n) is 5.70. The van der Waals surface area contributed by atoms with Crippen molar-refractivity contribution < 1.29 is 19.9 Å². The van der Waals surface area contributed by atoms with Crippen molar-refractivity contribution in [1.29, 1.82) is 0 Å². The minimum atomic E-state index is -1.26. The summed E-state index contributed by atoms with van der Waals surface area (Å²) in [4.78, 5) is 25.0. The molecule has 2 atom stereocenters. The Labute approximate surface area is 113 Å². The predicted octanol–water partition coefficient (Wildman–Crippen LogP) is 0.0234. The van der Waals surface area contributed by atoms with Crippen molar-refractivity contribution in [1.82, 2.24) is 5.32 Å².